The molecule has 7 nitrogen and oxygen atoms in total. The first-order chi connectivity index (χ1) is 23.3. The van der Waals surface area contributed by atoms with Crippen molar-refractivity contribution in [2.45, 2.75) is 39.2 Å². The molecule has 0 saturated carbocycles. The smallest absolute Gasteiger partial charge is 0.262 e. The van der Waals surface area contributed by atoms with E-state index in [1.165, 1.54) is 28.4 Å². The van der Waals surface area contributed by atoms with Gasteiger partial charge in [-0.15, -0.1) is 0 Å². The number of imide groups is 1. The zero-order valence-electron chi connectivity index (χ0n) is 26.8. The van der Waals surface area contributed by atoms with Crippen molar-refractivity contribution in [1.82, 2.24) is 4.90 Å². The molecule has 0 spiro atoms. The summed E-state index contributed by atoms with van der Waals surface area (Å²) < 4.78 is 21.6. The summed E-state index contributed by atoms with van der Waals surface area (Å²) in [6.45, 7) is 0. The van der Waals surface area contributed by atoms with Crippen molar-refractivity contribution in [3.05, 3.63) is 108 Å². The van der Waals surface area contributed by atoms with E-state index in [2.05, 4.69) is 0 Å². The summed E-state index contributed by atoms with van der Waals surface area (Å²) in [6, 6.07) is 31.0. The molecule has 0 unspecified atom stereocenters. The lowest BCUT2D eigenvalue weighted by atomic mass is 10.1. The van der Waals surface area contributed by atoms with Gasteiger partial charge in [-0.3, -0.25) is 14.5 Å². The number of hydrogen-bond donors (Lipinski definition) is 0. The molecule has 1 heterocycles. The fraction of sp³-hybridized carbons (Fsp3) is 0.135. The molecular formula is C37H31NO6S4. The molecule has 2 amide bonds. The van der Waals surface area contributed by atoms with Crippen LogP contribution in [-0.4, -0.2) is 52.2 Å². The van der Waals surface area contributed by atoms with Crippen LogP contribution in [0, 0.1) is 0 Å². The van der Waals surface area contributed by atoms with Crippen molar-refractivity contribution >= 4 is 58.9 Å². The van der Waals surface area contributed by atoms with Gasteiger partial charge in [0.25, 0.3) is 11.8 Å². The molecule has 0 saturated heterocycles. The second kappa shape index (κ2) is 14.9. The van der Waals surface area contributed by atoms with E-state index < -0.39 is 0 Å². The minimum atomic E-state index is -0.333. The number of ether oxygens (including phenoxy) is 4. The van der Waals surface area contributed by atoms with Gasteiger partial charge in [0.2, 0.25) is 0 Å². The molecule has 48 heavy (non-hydrogen) atoms. The van der Waals surface area contributed by atoms with Crippen molar-refractivity contribution in [2.75, 3.05) is 35.5 Å². The predicted molar refractivity (Wildman–Crippen MR) is 191 cm³/mol. The number of benzene rings is 5. The lowest BCUT2D eigenvalue weighted by molar-refractivity contribution is 0.0691. The molecule has 0 atom stereocenters. The topological polar surface area (TPSA) is 74.3 Å². The Morgan fingerprint density at radius 2 is 0.625 bits per heavy atom. The van der Waals surface area contributed by atoms with Crippen LogP contribution in [0.1, 0.15) is 20.7 Å². The zero-order chi connectivity index (χ0) is 33.8. The van der Waals surface area contributed by atoms with Gasteiger partial charge in [0, 0.05) is 46.2 Å². The molecule has 0 bridgehead atoms. The van der Waals surface area contributed by atoms with Crippen LogP contribution < -0.4 is 18.9 Å². The Morgan fingerprint density at radius 3 is 0.854 bits per heavy atom. The third-order valence-corrected chi connectivity index (χ3v) is 12.3. The monoisotopic (exact) mass is 713 g/mol. The molecule has 6 rings (SSSR count). The first-order valence-corrected chi connectivity index (χ1v) is 17.9. The van der Waals surface area contributed by atoms with Gasteiger partial charge in [-0.05, 0) is 97.1 Å². The zero-order valence-corrected chi connectivity index (χ0v) is 30.0. The highest BCUT2D eigenvalue weighted by molar-refractivity contribution is 8.05. The second-order valence-electron chi connectivity index (χ2n) is 10.3. The summed E-state index contributed by atoms with van der Waals surface area (Å²) in [7, 11) is 8.07. The summed E-state index contributed by atoms with van der Waals surface area (Å²) in [5.41, 5.74) is 0.795. The summed E-state index contributed by atoms with van der Waals surface area (Å²) in [4.78, 5) is 36.2. The van der Waals surface area contributed by atoms with Gasteiger partial charge < -0.3 is 18.9 Å². The Kier molecular flexibility index (Phi) is 10.5. The van der Waals surface area contributed by atoms with Crippen LogP contribution in [-0.2, 0) is 0 Å². The fourth-order valence-electron chi connectivity index (χ4n) is 4.92. The third kappa shape index (κ3) is 7.00. The number of methoxy groups -OCH3 is 4. The molecule has 0 fully saturated rings. The molecule has 0 radical (unpaired) electrons. The van der Waals surface area contributed by atoms with Gasteiger partial charge in [0.1, 0.15) is 23.0 Å². The maximum absolute atomic E-state index is 14.0. The third-order valence-electron chi connectivity index (χ3n) is 7.48. The quantitative estimate of drug-likeness (QED) is 0.117. The molecule has 244 valence electrons. The molecule has 1 aliphatic heterocycles. The second-order valence-corrected chi connectivity index (χ2v) is 14.7. The summed E-state index contributed by atoms with van der Waals surface area (Å²) in [6.07, 6.45) is 0. The van der Waals surface area contributed by atoms with E-state index in [1.807, 2.05) is 97.1 Å². The summed E-state index contributed by atoms with van der Waals surface area (Å²) >= 11 is 6.03. The normalized spacial score (nSPS) is 12.2. The van der Waals surface area contributed by atoms with Crippen molar-refractivity contribution in [2.24, 2.45) is 0 Å². The van der Waals surface area contributed by atoms with Gasteiger partial charge in [-0.1, -0.05) is 47.0 Å². The Bertz CT molecular complexity index is 1810. The van der Waals surface area contributed by atoms with Crippen LogP contribution in [0.3, 0.4) is 0 Å². The van der Waals surface area contributed by atoms with Crippen molar-refractivity contribution in [1.29, 1.82) is 0 Å². The average Bonchev–Trinajstić information content (AvgIpc) is 3.35. The van der Waals surface area contributed by atoms with Crippen molar-refractivity contribution in [3.63, 3.8) is 0 Å². The maximum Gasteiger partial charge on any atom is 0.262 e. The Morgan fingerprint density at radius 1 is 0.396 bits per heavy atom. The molecular weight excluding hydrogens is 683 g/mol. The van der Waals surface area contributed by atoms with Gasteiger partial charge in [0.05, 0.1) is 39.6 Å². The van der Waals surface area contributed by atoms with Crippen LogP contribution >= 0.6 is 47.0 Å². The number of fused-ring (bicyclic) bond motifs is 1. The maximum atomic E-state index is 14.0. The first-order valence-electron chi connectivity index (χ1n) is 14.7. The van der Waals surface area contributed by atoms with Gasteiger partial charge in [0.15, 0.2) is 0 Å². The largest absolute Gasteiger partial charge is 0.497 e. The van der Waals surface area contributed by atoms with Gasteiger partial charge in [-0.25, -0.2) is 0 Å². The summed E-state index contributed by atoms with van der Waals surface area (Å²) in [5.74, 6) is 2.27. The minimum absolute atomic E-state index is 0.333. The Hall–Kier alpha value is -4.16. The van der Waals surface area contributed by atoms with Crippen LogP contribution in [0.2, 0.25) is 0 Å². The van der Waals surface area contributed by atoms with Crippen LogP contribution in [0.4, 0.5) is 0 Å². The van der Waals surface area contributed by atoms with Crippen molar-refractivity contribution in [3.8, 4) is 23.0 Å². The lowest BCUT2D eigenvalue weighted by Crippen LogP contribution is -2.24. The highest BCUT2D eigenvalue weighted by Gasteiger charge is 2.41. The minimum Gasteiger partial charge on any atom is -0.497 e. The van der Waals surface area contributed by atoms with E-state index in [0.717, 1.165) is 52.4 Å². The van der Waals surface area contributed by atoms with E-state index in [0.29, 0.717) is 20.9 Å². The highest BCUT2D eigenvalue weighted by Crippen LogP contribution is 2.55. The van der Waals surface area contributed by atoms with Crippen LogP contribution in [0.25, 0.3) is 0 Å². The predicted octanol–water partition coefficient (Wildman–Crippen LogP) is 9.55. The molecule has 0 N–H and O–H groups in total. The van der Waals surface area contributed by atoms with Gasteiger partial charge >= 0.3 is 0 Å². The van der Waals surface area contributed by atoms with Crippen LogP contribution in [0.5, 0.6) is 23.0 Å². The molecule has 11 heteroatoms. The summed E-state index contributed by atoms with van der Waals surface area (Å²) in [5, 5.41) is 0. The molecule has 5 aromatic rings. The molecule has 1 aliphatic rings. The van der Waals surface area contributed by atoms with E-state index in [-0.39, 0.29) is 11.8 Å². The molecule has 5 aromatic carbocycles. The van der Waals surface area contributed by atoms with Gasteiger partial charge in [-0.2, -0.15) is 0 Å². The van der Waals surface area contributed by atoms with Crippen molar-refractivity contribution < 1.29 is 28.5 Å². The standard InChI is InChI=1S/C37H31NO6S4/c1-38-36(39)30-31(37(38)40)33(46-27-16-8-23(42-3)9-17-27)35(48-29-20-12-25(44-5)13-21-29)34(47-28-18-10-24(43-4)11-19-28)32(30)45-26-14-6-22(41-2)7-15-26/h6-21H,1-5H3. The Labute approximate surface area is 296 Å². The van der Waals surface area contributed by atoms with E-state index in [4.69, 9.17) is 18.9 Å². The molecule has 0 aromatic heterocycles. The number of carbonyl (C=O) groups excluding carboxylic acids is 2. The highest BCUT2D eigenvalue weighted by atomic mass is 32.2. The first kappa shape index (κ1) is 33.7. The number of rotatable bonds is 12. The lowest BCUT2D eigenvalue weighted by Gasteiger charge is -2.21. The SMILES string of the molecule is COc1ccc(Sc2c(Sc3ccc(OC)cc3)c(Sc3ccc(OC)cc3)c3c(c2Sc2ccc(OC)cc2)C(=O)N(C)C3=O)cc1. The number of nitrogens with zero attached hydrogens (tertiary/aromatic N) is 1. The number of carbonyl (C=O) groups is 2. The Balaban J connectivity index is 1.63. The van der Waals surface area contributed by atoms with E-state index >= 15 is 0 Å². The van der Waals surface area contributed by atoms with E-state index in [9.17, 15) is 9.59 Å². The van der Waals surface area contributed by atoms with Crippen LogP contribution in [0.15, 0.2) is 136 Å². The average molecular weight is 714 g/mol. The fourth-order valence-corrected chi connectivity index (χ4v) is 9.58. The number of hydrogen-bond acceptors (Lipinski definition) is 10. The van der Waals surface area contributed by atoms with E-state index in [1.54, 1.807) is 59.0 Å². The molecule has 0 aliphatic carbocycles. The number of amides is 2.